The predicted molar refractivity (Wildman–Crippen MR) is 102 cm³/mol. The monoisotopic (exact) mass is 421 g/mol. The van der Waals surface area contributed by atoms with Crippen molar-refractivity contribution in [1.82, 2.24) is 14.5 Å². The smallest absolute Gasteiger partial charge is 0.247 e. The highest BCUT2D eigenvalue weighted by atomic mass is 35.5. The number of hydrogen-bond acceptors (Lipinski definition) is 5. The SMILES string of the molecule is O=S(=O)(c1ccc(Cl)cc1)N1CCCC(c2nnc(-c3ccc(F)cc3)o2)C1. The summed E-state index contributed by atoms with van der Waals surface area (Å²) in [7, 11) is -3.63. The molecule has 0 amide bonds. The minimum Gasteiger partial charge on any atom is -0.420 e. The molecule has 2 heterocycles. The zero-order chi connectivity index (χ0) is 19.7. The molecule has 0 aliphatic carbocycles. The highest BCUT2D eigenvalue weighted by molar-refractivity contribution is 7.89. The minimum atomic E-state index is -3.63. The maximum absolute atomic E-state index is 13.1. The van der Waals surface area contributed by atoms with Gasteiger partial charge in [0.15, 0.2) is 0 Å². The van der Waals surface area contributed by atoms with Crippen LogP contribution >= 0.6 is 11.6 Å². The first-order chi connectivity index (χ1) is 13.4. The Morgan fingerprint density at radius 1 is 1.07 bits per heavy atom. The van der Waals surface area contributed by atoms with Crippen LogP contribution in [-0.2, 0) is 10.0 Å². The Morgan fingerprint density at radius 2 is 1.79 bits per heavy atom. The lowest BCUT2D eigenvalue weighted by molar-refractivity contribution is 0.286. The molecule has 0 N–H and O–H groups in total. The van der Waals surface area contributed by atoms with Crippen molar-refractivity contribution in [3.8, 4) is 11.5 Å². The molecule has 1 unspecified atom stereocenters. The highest BCUT2D eigenvalue weighted by Gasteiger charge is 2.33. The van der Waals surface area contributed by atoms with E-state index in [0.29, 0.717) is 29.4 Å². The number of aromatic nitrogens is 2. The lowest BCUT2D eigenvalue weighted by atomic mass is 10.00. The van der Waals surface area contributed by atoms with Gasteiger partial charge in [0, 0.05) is 23.7 Å². The molecule has 1 aliphatic rings. The highest BCUT2D eigenvalue weighted by Crippen LogP contribution is 2.31. The molecule has 1 atom stereocenters. The van der Waals surface area contributed by atoms with Gasteiger partial charge in [0.2, 0.25) is 21.8 Å². The van der Waals surface area contributed by atoms with Gasteiger partial charge < -0.3 is 4.42 Å². The van der Waals surface area contributed by atoms with Crippen LogP contribution in [0.25, 0.3) is 11.5 Å². The van der Waals surface area contributed by atoms with Crippen molar-refractivity contribution in [3.05, 3.63) is 65.3 Å². The molecule has 1 aromatic heterocycles. The third-order valence-electron chi connectivity index (χ3n) is 4.72. The van der Waals surface area contributed by atoms with Crippen molar-refractivity contribution < 1.29 is 17.2 Å². The van der Waals surface area contributed by atoms with E-state index in [9.17, 15) is 12.8 Å². The summed E-state index contributed by atoms with van der Waals surface area (Å²) >= 11 is 5.86. The lowest BCUT2D eigenvalue weighted by Crippen LogP contribution is -2.39. The van der Waals surface area contributed by atoms with Crippen molar-refractivity contribution >= 4 is 21.6 Å². The Labute approximate surface area is 167 Å². The number of rotatable bonds is 4. The third kappa shape index (κ3) is 3.80. The van der Waals surface area contributed by atoms with Gasteiger partial charge in [0.05, 0.1) is 10.8 Å². The van der Waals surface area contributed by atoms with Crippen LogP contribution in [0.1, 0.15) is 24.7 Å². The first-order valence-electron chi connectivity index (χ1n) is 8.78. The van der Waals surface area contributed by atoms with Crippen molar-refractivity contribution in [1.29, 1.82) is 0 Å². The van der Waals surface area contributed by atoms with Crippen LogP contribution in [0, 0.1) is 5.82 Å². The van der Waals surface area contributed by atoms with E-state index in [1.807, 2.05) is 0 Å². The van der Waals surface area contributed by atoms with Gasteiger partial charge in [-0.2, -0.15) is 4.31 Å². The first kappa shape index (κ1) is 19.0. The quantitative estimate of drug-likeness (QED) is 0.634. The molecule has 4 rings (SSSR count). The largest absolute Gasteiger partial charge is 0.420 e. The zero-order valence-electron chi connectivity index (χ0n) is 14.8. The zero-order valence-corrected chi connectivity index (χ0v) is 16.3. The minimum absolute atomic E-state index is 0.197. The van der Waals surface area contributed by atoms with Gasteiger partial charge in [-0.3, -0.25) is 0 Å². The summed E-state index contributed by atoms with van der Waals surface area (Å²) in [6, 6.07) is 11.9. The molecule has 0 radical (unpaired) electrons. The number of nitrogens with zero attached hydrogens (tertiary/aromatic N) is 3. The molecule has 6 nitrogen and oxygen atoms in total. The molecule has 0 bridgehead atoms. The van der Waals surface area contributed by atoms with Crippen molar-refractivity contribution in [2.75, 3.05) is 13.1 Å². The fourth-order valence-electron chi connectivity index (χ4n) is 3.23. The molecule has 3 aromatic rings. The number of piperidine rings is 1. The number of hydrogen-bond donors (Lipinski definition) is 0. The second-order valence-corrected chi connectivity index (χ2v) is 8.98. The second kappa shape index (κ2) is 7.62. The third-order valence-corrected chi connectivity index (χ3v) is 6.85. The van der Waals surface area contributed by atoms with Gasteiger partial charge in [-0.1, -0.05) is 11.6 Å². The molecule has 1 saturated heterocycles. The van der Waals surface area contributed by atoms with E-state index in [0.717, 1.165) is 6.42 Å². The van der Waals surface area contributed by atoms with Gasteiger partial charge in [-0.15, -0.1) is 10.2 Å². The van der Waals surface area contributed by atoms with Crippen LogP contribution < -0.4 is 0 Å². The van der Waals surface area contributed by atoms with Crippen LogP contribution in [0.2, 0.25) is 5.02 Å². The molecular formula is C19H17ClFN3O3S. The summed E-state index contributed by atoms with van der Waals surface area (Å²) in [5.74, 6) is 0.124. The molecule has 1 aliphatic heterocycles. The summed E-state index contributed by atoms with van der Waals surface area (Å²) in [6.45, 7) is 0.691. The van der Waals surface area contributed by atoms with Crippen LogP contribution in [0.3, 0.4) is 0 Å². The van der Waals surface area contributed by atoms with Gasteiger partial charge in [-0.25, -0.2) is 12.8 Å². The van der Waals surface area contributed by atoms with Gasteiger partial charge in [0.1, 0.15) is 5.82 Å². The predicted octanol–water partition coefficient (Wildman–Crippen LogP) is 4.10. The van der Waals surface area contributed by atoms with E-state index >= 15 is 0 Å². The Hall–Kier alpha value is -2.29. The maximum Gasteiger partial charge on any atom is 0.247 e. The normalized spacial score (nSPS) is 18.3. The van der Waals surface area contributed by atoms with Gasteiger partial charge in [-0.05, 0) is 61.4 Å². The van der Waals surface area contributed by atoms with E-state index in [2.05, 4.69) is 10.2 Å². The topological polar surface area (TPSA) is 76.3 Å². The van der Waals surface area contributed by atoms with Crippen LogP contribution in [0.5, 0.6) is 0 Å². The molecule has 28 heavy (non-hydrogen) atoms. The fourth-order valence-corrected chi connectivity index (χ4v) is 4.88. The van der Waals surface area contributed by atoms with Crippen LogP contribution in [-0.4, -0.2) is 36.0 Å². The van der Waals surface area contributed by atoms with Gasteiger partial charge in [0.25, 0.3) is 0 Å². The van der Waals surface area contributed by atoms with E-state index < -0.39 is 10.0 Å². The Morgan fingerprint density at radius 3 is 2.50 bits per heavy atom. The van der Waals surface area contributed by atoms with Gasteiger partial charge >= 0.3 is 0 Å². The van der Waals surface area contributed by atoms with Crippen molar-refractivity contribution in [2.24, 2.45) is 0 Å². The molecule has 9 heteroatoms. The van der Waals surface area contributed by atoms with Crippen LogP contribution in [0.15, 0.2) is 57.8 Å². The first-order valence-corrected chi connectivity index (χ1v) is 10.6. The molecule has 0 spiro atoms. The van der Waals surface area contributed by atoms with E-state index in [4.69, 9.17) is 16.0 Å². The summed E-state index contributed by atoms with van der Waals surface area (Å²) in [6.07, 6.45) is 1.43. The Balaban J connectivity index is 1.54. The summed E-state index contributed by atoms with van der Waals surface area (Å²) in [5, 5.41) is 8.60. The fraction of sp³-hybridized carbons (Fsp3) is 0.263. The van der Waals surface area contributed by atoms with E-state index in [-0.39, 0.29) is 29.1 Å². The molecule has 1 fully saturated rings. The van der Waals surface area contributed by atoms with E-state index in [1.54, 1.807) is 24.3 Å². The van der Waals surface area contributed by atoms with Crippen molar-refractivity contribution in [3.63, 3.8) is 0 Å². The lowest BCUT2D eigenvalue weighted by Gasteiger charge is -2.30. The summed E-state index contributed by atoms with van der Waals surface area (Å²) in [5.41, 5.74) is 0.613. The standard InChI is InChI=1S/C19H17ClFN3O3S/c20-15-5-9-17(10-6-15)28(25,26)24-11-1-2-14(12-24)19-23-22-18(27-19)13-3-7-16(21)8-4-13/h3-10,14H,1-2,11-12H2. The number of benzene rings is 2. The molecule has 2 aromatic carbocycles. The Kier molecular flexibility index (Phi) is 5.18. The molecule has 146 valence electrons. The maximum atomic E-state index is 13.1. The summed E-state index contributed by atoms with van der Waals surface area (Å²) in [4.78, 5) is 0.204. The number of sulfonamides is 1. The average molecular weight is 422 g/mol. The second-order valence-electron chi connectivity index (χ2n) is 6.61. The van der Waals surface area contributed by atoms with Crippen molar-refractivity contribution in [2.45, 2.75) is 23.7 Å². The Bertz CT molecular complexity index is 1070. The van der Waals surface area contributed by atoms with Crippen LogP contribution in [0.4, 0.5) is 4.39 Å². The molecular weight excluding hydrogens is 405 g/mol. The number of halogens is 2. The van der Waals surface area contributed by atoms with E-state index in [1.165, 1.54) is 28.6 Å². The average Bonchev–Trinajstić information content (AvgIpc) is 3.19. The summed E-state index contributed by atoms with van der Waals surface area (Å²) < 4.78 is 46.1. The molecule has 0 saturated carbocycles.